The Hall–Kier alpha value is -3.48. The number of carbonyl (C=O) groups is 1. The van der Waals surface area contributed by atoms with Crippen molar-refractivity contribution in [3.8, 4) is 17.0 Å². The number of piperidine rings is 1. The van der Waals surface area contributed by atoms with E-state index >= 15 is 0 Å². The van der Waals surface area contributed by atoms with Crippen molar-refractivity contribution in [1.29, 1.82) is 0 Å². The maximum atomic E-state index is 13.0. The minimum absolute atomic E-state index is 0.0257. The van der Waals surface area contributed by atoms with Crippen molar-refractivity contribution in [3.05, 3.63) is 66.5 Å². The fourth-order valence-electron chi connectivity index (χ4n) is 3.56. The maximum Gasteiger partial charge on any atom is 0.227 e. The number of nitrogens with one attached hydrogen (secondary N) is 1. The number of anilines is 2. The lowest BCUT2D eigenvalue weighted by Gasteiger charge is -2.31. The van der Waals surface area contributed by atoms with Crippen LogP contribution >= 0.6 is 0 Å². The molecular formula is C23H23FN4O2. The monoisotopic (exact) mass is 406 g/mol. The van der Waals surface area contributed by atoms with Gasteiger partial charge in [0, 0.05) is 30.3 Å². The molecule has 6 nitrogen and oxygen atoms in total. The van der Waals surface area contributed by atoms with Gasteiger partial charge in [-0.1, -0.05) is 0 Å². The minimum atomic E-state index is -0.319. The number of hydrogen-bond donors (Lipinski definition) is 1. The number of ether oxygens (including phenoxy) is 1. The Morgan fingerprint density at radius 3 is 2.30 bits per heavy atom. The summed E-state index contributed by atoms with van der Waals surface area (Å²) in [5.41, 5.74) is 2.39. The SMILES string of the molecule is COc1ccc(-c2ccc(N3CCC(C(=O)Nc4ccc(F)cc4)CC3)nn2)cc1. The van der Waals surface area contributed by atoms with Gasteiger partial charge in [0.1, 0.15) is 11.6 Å². The van der Waals surface area contributed by atoms with E-state index in [1.54, 1.807) is 19.2 Å². The summed E-state index contributed by atoms with van der Waals surface area (Å²) in [4.78, 5) is 14.6. The van der Waals surface area contributed by atoms with E-state index in [1.807, 2.05) is 36.4 Å². The van der Waals surface area contributed by atoms with Crippen LogP contribution in [0.2, 0.25) is 0 Å². The van der Waals surface area contributed by atoms with Gasteiger partial charge in [-0.2, -0.15) is 0 Å². The predicted octanol–water partition coefficient (Wildman–Crippen LogP) is 4.15. The molecule has 1 aliphatic rings. The van der Waals surface area contributed by atoms with Crippen LogP contribution in [0, 0.1) is 11.7 Å². The maximum absolute atomic E-state index is 13.0. The average molecular weight is 406 g/mol. The smallest absolute Gasteiger partial charge is 0.227 e. The molecule has 2 heterocycles. The van der Waals surface area contributed by atoms with Gasteiger partial charge in [0.25, 0.3) is 0 Å². The molecule has 0 radical (unpaired) electrons. The molecule has 1 aromatic heterocycles. The molecule has 30 heavy (non-hydrogen) atoms. The Kier molecular flexibility index (Phi) is 5.88. The summed E-state index contributed by atoms with van der Waals surface area (Å²) >= 11 is 0. The molecule has 1 saturated heterocycles. The highest BCUT2D eigenvalue weighted by molar-refractivity contribution is 5.92. The molecule has 1 aliphatic heterocycles. The van der Waals surface area contributed by atoms with E-state index < -0.39 is 0 Å². The molecule has 7 heteroatoms. The second-order valence-electron chi connectivity index (χ2n) is 7.26. The van der Waals surface area contributed by atoms with Crippen LogP contribution in [-0.2, 0) is 4.79 Å². The Bertz CT molecular complexity index is 983. The van der Waals surface area contributed by atoms with Crippen LogP contribution in [0.15, 0.2) is 60.7 Å². The molecule has 0 atom stereocenters. The van der Waals surface area contributed by atoms with Gasteiger partial charge in [0.05, 0.1) is 12.8 Å². The minimum Gasteiger partial charge on any atom is -0.497 e. The van der Waals surface area contributed by atoms with E-state index in [9.17, 15) is 9.18 Å². The Labute approximate surface area is 174 Å². The van der Waals surface area contributed by atoms with Crippen LogP contribution in [0.3, 0.4) is 0 Å². The summed E-state index contributed by atoms with van der Waals surface area (Å²) in [7, 11) is 1.64. The number of rotatable bonds is 5. The summed E-state index contributed by atoms with van der Waals surface area (Å²) in [6.45, 7) is 1.47. The van der Waals surface area contributed by atoms with Crippen LogP contribution in [-0.4, -0.2) is 36.3 Å². The van der Waals surface area contributed by atoms with Gasteiger partial charge < -0.3 is 15.0 Å². The Morgan fingerprint density at radius 1 is 1.00 bits per heavy atom. The molecule has 0 aliphatic carbocycles. The molecular weight excluding hydrogens is 383 g/mol. The van der Waals surface area contributed by atoms with Crippen molar-refractivity contribution in [2.75, 3.05) is 30.4 Å². The van der Waals surface area contributed by atoms with Crippen LogP contribution < -0.4 is 15.0 Å². The largest absolute Gasteiger partial charge is 0.497 e. The van der Waals surface area contributed by atoms with Crippen molar-refractivity contribution in [2.24, 2.45) is 5.92 Å². The van der Waals surface area contributed by atoms with Crippen molar-refractivity contribution in [2.45, 2.75) is 12.8 Å². The van der Waals surface area contributed by atoms with Crippen molar-refractivity contribution in [1.82, 2.24) is 10.2 Å². The predicted molar refractivity (Wildman–Crippen MR) is 114 cm³/mol. The molecule has 3 aromatic rings. The molecule has 154 valence electrons. The van der Waals surface area contributed by atoms with Gasteiger partial charge in [0.15, 0.2) is 5.82 Å². The zero-order valence-corrected chi connectivity index (χ0v) is 16.7. The van der Waals surface area contributed by atoms with Crippen molar-refractivity contribution >= 4 is 17.4 Å². The van der Waals surface area contributed by atoms with E-state index in [0.29, 0.717) is 5.69 Å². The van der Waals surface area contributed by atoms with Gasteiger partial charge in [-0.25, -0.2) is 4.39 Å². The summed E-state index contributed by atoms with van der Waals surface area (Å²) in [5, 5.41) is 11.6. The van der Waals surface area contributed by atoms with E-state index in [2.05, 4.69) is 20.4 Å². The Balaban J connectivity index is 1.33. The highest BCUT2D eigenvalue weighted by Gasteiger charge is 2.26. The first kappa shape index (κ1) is 19.8. The zero-order chi connectivity index (χ0) is 20.9. The molecule has 1 fully saturated rings. The average Bonchev–Trinajstić information content (AvgIpc) is 2.81. The summed E-state index contributed by atoms with van der Waals surface area (Å²) < 4.78 is 18.2. The molecule has 2 aromatic carbocycles. The zero-order valence-electron chi connectivity index (χ0n) is 16.7. The van der Waals surface area contributed by atoms with Crippen LogP contribution in [0.5, 0.6) is 5.75 Å². The van der Waals surface area contributed by atoms with Gasteiger partial charge in [-0.15, -0.1) is 10.2 Å². The fraction of sp³-hybridized carbons (Fsp3) is 0.261. The van der Waals surface area contributed by atoms with Crippen molar-refractivity contribution < 1.29 is 13.9 Å². The number of methoxy groups -OCH3 is 1. The van der Waals surface area contributed by atoms with Crippen LogP contribution in [0.1, 0.15) is 12.8 Å². The molecule has 0 saturated carbocycles. The van der Waals surface area contributed by atoms with Gasteiger partial charge >= 0.3 is 0 Å². The number of carbonyl (C=O) groups excluding carboxylic acids is 1. The summed E-state index contributed by atoms with van der Waals surface area (Å²) in [5.74, 6) is 1.19. The molecule has 4 rings (SSSR count). The lowest BCUT2D eigenvalue weighted by atomic mass is 9.96. The summed E-state index contributed by atoms with van der Waals surface area (Å²) in [6.07, 6.45) is 1.46. The van der Waals surface area contributed by atoms with E-state index in [4.69, 9.17) is 4.74 Å². The normalized spacial score (nSPS) is 14.4. The first-order valence-corrected chi connectivity index (χ1v) is 9.92. The first-order valence-electron chi connectivity index (χ1n) is 9.92. The highest BCUT2D eigenvalue weighted by Crippen LogP contribution is 2.25. The van der Waals surface area contributed by atoms with Gasteiger partial charge in [-0.3, -0.25) is 4.79 Å². The third-order valence-corrected chi connectivity index (χ3v) is 5.34. The number of benzene rings is 2. The lowest BCUT2D eigenvalue weighted by Crippen LogP contribution is -2.38. The number of hydrogen-bond acceptors (Lipinski definition) is 5. The highest BCUT2D eigenvalue weighted by atomic mass is 19.1. The van der Waals surface area contributed by atoms with E-state index in [1.165, 1.54) is 12.1 Å². The molecule has 0 spiro atoms. The number of halogens is 1. The lowest BCUT2D eigenvalue weighted by molar-refractivity contribution is -0.120. The third kappa shape index (κ3) is 4.56. The molecule has 0 unspecified atom stereocenters. The number of aromatic nitrogens is 2. The molecule has 0 bridgehead atoms. The fourth-order valence-corrected chi connectivity index (χ4v) is 3.56. The first-order chi connectivity index (χ1) is 14.6. The number of nitrogens with zero attached hydrogens (tertiary/aromatic N) is 3. The standard InChI is InChI=1S/C23H23FN4O2/c1-30-20-8-2-16(3-9-20)21-10-11-22(27-26-21)28-14-12-17(13-15-28)23(29)25-19-6-4-18(24)5-7-19/h2-11,17H,12-15H2,1H3,(H,25,29). The molecule has 1 amide bonds. The quantitative estimate of drug-likeness (QED) is 0.690. The van der Waals surface area contributed by atoms with E-state index in [0.717, 1.165) is 48.8 Å². The van der Waals surface area contributed by atoms with Crippen LogP contribution in [0.4, 0.5) is 15.9 Å². The number of amides is 1. The Morgan fingerprint density at radius 2 is 1.70 bits per heavy atom. The van der Waals surface area contributed by atoms with Crippen LogP contribution in [0.25, 0.3) is 11.3 Å². The second-order valence-corrected chi connectivity index (χ2v) is 7.26. The van der Waals surface area contributed by atoms with E-state index in [-0.39, 0.29) is 17.6 Å². The topological polar surface area (TPSA) is 67.3 Å². The van der Waals surface area contributed by atoms with Gasteiger partial charge in [-0.05, 0) is 73.5 Å². The second kappa shape index (κ2) is 8.90. The molecule has 1 N–H and O–H groups in total. The van der Waals surface area contributed by atoms with Crippen molar-refractivity contribution in [3.63, 3.8) is 0 Å². The summed E-state index contributed by atoms with van der Waals surface area (Å²) in [6, 6.07) is 17.4. The third-order valence-electron chi connectivity index (χ3n) is 5.34. The van der Waals surface area contributed by atoms with Gasteiger partial charge in [0.2, 0.25) is 5.91 Å².